The Hall–Kier alpha value is -2.49. The maximum atomic E-state index is 9.70. The molecule has 4 heteroatoms. The van der Waals surface area contributed by atoms with Gasteiger partial charge in [-0.1, -0.05) is 30.3 Å². The summed E-state index contributed by atoms with van der Waals surface area (Å²) in [5.74, 6) is 2.95. The van der Waals surface area contributed by atoms with Crippen molar-refractivity contribution in [3.8, 4) is 16.9 Å². The van der Waals surface area contributed by atoms with Crippen molar-refractivity contribution in [3.63, 3.8) is 0 Å². The highest BCUT2D eigenvalue weighted by Gasteiger charge is 2.52. The van der Waals surface area contributed by atoms with Crippen molar-refractivity contribution in [1.82, 2.24) is 5.32 Å². The fourth-order valence-corrected chi connectivity index (χ4v) is 6.81. The van der Waals surface area contributed by atoms with E-state index in [0.717, 1.165) is 23.3 Å². The van der Waals surface area contributed by atoms with Gasteiger partial charge in [-0.15, -0.1) is 0 Å². The molecule has 4 saturated carbocycles. The molecule has 5 N–H and O–H groups in total. The summed E-state index contributed by atoms with van der Waals surface area (Å²) in [6.45, 7) is 0.573. The Kier molecular flexibility index (Phi) is 4.11. The van der Waals surface area contributed by atoms with Gasteiger partial charge in [-0.05, 0) is 96.1 Å². The molecule has 0 aromatic heterocycles. The fraction of sp³-hybridized carbons (Fsp3) is 0.458. The molecular weight excluding hydrogens is 346 g/mol. The molecule has 0 unspecified atom stereocenters. The first-order valence-electron chi connectivity index (χ1n) is 10.5. The number of rotatable bonds is 4. The molecule has 0 amide bonds. The molecule has 4 bridgehead atoms. The normalized spacial score (nSPS) is 30.4. The van der Waals surface area contributed by atoms with Crippen molar-refractivity contribution in [3.05, 3.63) is 53.6 Å². The number of hydrogen-bond donors (Lipinski definition) is 4. The van der Waals surface area contributed by atoms with Gasteiger partial charge in [0.1, 0.15) is 5.75 Å². The van der Waals surface area contributed by atoms with Crippen LogP contribution in [0.1, 0.15) is 49.7 Å². The average Bonchev–Trinajstić information content (AvgIpc) is 2.65. The van der Waals surface area contributed by atoms with E-state index in [2.05, 4.69) is 23.5 Å². The van der Waals surface area contributed by atoms with Crippen molar-refractivity contribution < 1.29 is 5.11 Å². The minimum absolute atomic E-state index is 0.0111. The second-order valence-electron chi connectivity index (χ2n) is 9.34. The van der Waals surface area contributed by atoms with Crippen LogP contribution < -0.4 is 11.1 Å². The molecule has 0 heterocycles. The minimum Gasteiger partial charge on any atom is -0.508 e. The Labute approximate surface area is 166 Å². The molecule has 0 radical (unpaired) electrons. The maximum absolute atomic E-state index is 9.70. The quantitative estimate of drug-likeness (QED) is 0.469. The van der Waals surface area contributed by atoms with Gasteiger partial charge in [-0.25, -0.2) is 0 Å². The van der Waals surface area contributed by atoms with E-state index >= 15 is 0 Å². The SMILES string of the molecule is N=C(N)NCc1c(-c2ccc(O)cc2)cccc1C12CC3CC(CC(C3)C1)C2. The molecule has 0 aliphatic heterocycles. The fourth-order valence-electron chi connectivity index (χ4n) is 6.81. The Morgan fingerprint density at radius 3 is 2.18 bits per heavy atom. The van der Waals surface area contributed by atoms with Crippen molar-refractivity contribution in [2.45, 2.75) is 50.5 Å². The largest absolute Gasteiger partial charge is 0.508 e. The zero-order valence-electron chi connectivity index (χ0n) is 16.2. The van der Waals surface area contributed by atoms with Gasteiger partial charge in [0.25, 0.3) is 0 Å². The third-order valence-electron chi connectivity index (χ3n) is 7.42. The number of hydrogen-bond acceptors (Lipinski definition) is 2. The Balaban J connectivity index is 1.62. The van der Waals surface area contributed by atoms with E-state index in [-0.39, 0.29) is 17.1 Å². The topological polar surface area (TPSA) is 82.1 Å². The number of nitrogens with one attached hydrogen (secondary N) is 2. The zero-order valence-corrected chi connectivity index (χ0v) is 16.2. The van der Waals surface area contributed by atoms with E-state index in [1.54, 1.807) is 12.1 Å². The number of aromatic hydroxyl groups is 1. The van der Waals surface area contributed by atoms with E-state index in [1.165, 1.54) is 55.2 Å². The van der Waals surface area contributed by atoms with Crippen LogP contribution in [0.25, 0.3) is 11.1 Å². The summed E-state index contributed by atoms with van der Waals surface area (Å²) in [4.78, 5) is 0. The van der Waals surface area contributed by atoms with Crippen LogP contribution in [0.15, 0.2) is 42.5 Å². The monoisotopic (exact) mass is 375 g/mol. The molecule has 0 spiro atoms. The van der Waals surface area contributed by atoms with Gasteiger partial charge in [0.15, 0.2) is 5.96 Å². The van der Waals surface area contributed by atoms with Gasteiger partial charge in [0.2, 0.25) is 0 Å². The lowest BCUT2D eigenvalue weighted by atomic mass is 9.47. The summed E-state index contributed by atoms with van der Waals surface area (Å²) in [5, 5.41) is 20.4. The molecule has 0 saturated heterocycles. The molecule has 4 fully saturated rings. The predicted octanol–water partition coefficient (Wildman–Crippen LogP) is 4.51. The second-order valence-corrected chi connectivity index (χ2v) is 9.34. The standard InChI is InChI=1S/C24H29N3O/c25-23(26)27-14-21-20(18-4-6-19(28)7-5-18)2-1-3-22(21)24-11-15-8-16(12-24)10-17(9-15)13-24/h1-7,15-17,28H,8-14H2,(H4,25,26,27). The van der Waals surface area contributed by atoms with Gasteiger partial charge in [-0.3, -0.25) is 5.41 Å². The van der Waals surface area contributed by atoms with Gasteiger partial charge < -0.3 is 16.2 Å². The molecule has 28 heavy (non-hydrogen) atoms. The Bertz CT molecular complexity index is 867. The molecule has 6 rings (SSSR count). The van der Waals surface area contributed by atoms with Crippen molar-refractivity contribution in [2.75, 3.05) is 0 Å². The first-order valence-corrected chi connectivity index (χ1v) is 10.5. The maximum Gasteiger partial charge on any atom is 0.185 e. The van der Waals surface area contributed by atoms with Crippen LogP contribution in [0.2, 0.25) is 0 Å². The molecular formula is C24H29N3O. The molecule has 4 nitrogen and oxygen atoms in total. The van der Waals surface area contributed by atoms with Gasteiger partial charge >= 0.3 is 0 Å². The smallest absolute Gasteiger partial charge is 0.185 e. The van der Waals surface area contributed by atoms with Crippen LogP contribution in [-0.2, 0) is 12.0 Å². The highest BCUT2D eigenvalue weighted by atomic mass is 16.3. The number of phenols is 1. The van der Waals surface area contributed by atoms with Crippen molar-refractivity contribution in [2.24, 2.45) is 23.5 Å². The Morgan fingerprint density at radius 1 is 1.00 bits per heavy atom. The van der Waals surface area contributed by atoms with E-state index in [4.69, 9.17) is 11.1 Å². The predicted molar refractivity (Wildman–Crippen MR) is 112 cm³/mol. The van der Waals surface area contributed by atoms with Crippen molar-refractivity contribution in [1.29, 1.82) is 5.41 Å². The number of nitrogens with two attached hydrogens (primary N) is 1. The van der Waals surface area contributed by atoms with Crippen LogP contribution in [0.3, 0.4) is 0 Å². The van der Waals surface area contributed by atoms with Gasteiger partial charge in [0.05, 0.1) is 0 Å². The van der Waals surface area contributed by atoms with Crippen LogP contribution in [-0.4, -0.2) is 11.1 Å². The summed E-state index contributed by atoms with van der Waals surface area (Å²) in [6, 6.07) is 14.1. The molecule has 2 aromatic rings. The number of phenolic OH excluding ortho intramolecular Hbond substituents is 1. The third kappa shape index (κ3) is 2.95. The summed E-state index contributed by atoms with van der Waals surface area (Å²) >= 11 is 0. The average molecular weight is 376 g/mol. The number of benzene rings is 2. The first kappa shape index (κ1) is 17.6. The highest BCUT2D eigenvalue weighted by Crippen LogP contribution is 2.61. The van der Waals surface area contributed by atoms with Gasteiger partial charge in [0, 0.05) is 6.54 Å². The van der Waals surface area contributed by atoms with E-state index < -0.39 is 0 Å². The molecule has 4 aliphatic carbocycles. The lowest BCUT2D eigenvalue weighted by Gasteiger charge is -2.57. The van der Waals surface area contributed by atoms with E-state index in [0.29, 0.717) is 6.54 Å². The van der Waals surface area contributed by atoms with Gasteiger partial charge in [-0.2, -0.15) is 0 Å². The summed E-state index contributed by atoms with van der Waals surface area (Å²) in [5.41, 5.74) is 10.9. The zero-order chi connectivity index (χ0) is 19.3. The molecule has 0 atom stereocenters. The Morgan fingerprint density at radius 2 is 1.61 bits per heavy atom. The second kappa shape index (κ2) is 6.54. The molecule has 4 aliphatic rings. The number of guanidine groups is 1. The van der Waals surface area contributed by atoms with E-state index in [1.807, 2.05) is 12.1 Å². The lowest BCUT2D eigenvalue weighted by molar-refractivity contribution is -0.00557. The van der Waals surface area contributed by atoms with Crippen LogP contribution >= 0.6 is 0 Å². The van der Waals surface area contributed by atoms with Crippen LogP contribution in [0.4, 0.5) is 0 Å². The summed E-state index contributed by atoms with van der Waals surface area (Å²) in [6.07, 6.45) is 8.22. The summed E-state index contributed by atoms with van der Waals surface area (Å²) in [7, 11) is 0. The molecule has 146 valence electrons. The first-order chi connectivity index (χ1) is 13.5. The van der Waals surface area contributed by atoms with E-state index in [9.17, 15) is 5.11 Å². The van der Waals surface area contributed by atoms with Crippen molar-refractivity contribution >= 4 is 5.96 Å². The van der Waals surface area contributed by atoms with Crippen LogP contribution in [0, 0.1) is 23.2 Å². The minimum atomic E-state index is 0.0111. The molecule has 2 aromatic carbocycles. The summed E-state index contributed by atoms with van der Waals surface area (Å²) < 4.78 is 0. The van der Waals surface area contributed by atoms with Crippen LogP contribution in [0.5, 0.6) is 5.75 Å². The third-order valence-corrected chi connectivity index (χ3v) is 7.42. The highest BCUT2D eigenvalue weighted by molar-refractivity contribution is 5.76. The lowest BCUT2D eigenvalue weighted by Crippen LogP contribution is -2.49.